The highest BCUT2D eigenvalue weighted by Gasteiger charge is 2.20. The highest BCUT2D eigenvalue weighted by Crippen LogP contribution is 2.51. The fourth-order valence-corrected chi connectivity index (χ4v) is 1.51. The number of nitrogens with zero attached hydrogens (tertiary/aromatic N) is 1. The van der Waals surface area contributed by atoms with Crippen molar-refractivity contribution < 1.29 is 61.8 Å². The molecule has 0 aliphatic heterocycles. The molecule has 1 unspecified atom stereocenters. The van der Waals surface area contributed by atoms with Crippen LogP contribution in [0.25, 0.3) is 0 Å². The van der Waals surface area contributed by atoms with Crippen molar-refractivity contribution in [2.45, 2.75) is 0 Å². The SMILES string of the molecule is C[N+](C)(C)CCO.O=P(O)(O)O.O=P([O-])(O)OP(=O)(O)O. The second kappa shape index (κ2) is 10.1. The van der Waals surface area contributed by atoms with Gasteiger partial charge in [0.15, 0.2) is 0 Å². The van der Waals surface area contributed by atoms with Crippen molar-refractivity contribution in [2.24, 2.45) is 0 Å². The summed E-state index contributed by atoms with van der Waals surface area (Å²) in [5, 5.41) is 8.39. The topological polar surface area (TPSA) is 225 Å². The molecular formula is C5H20NO12P3. The molecule has 132 valence electrons. The third-order valence-electron chi connectivity index (χ3n) is 0.980. The van der Waals surface area contributed by atoms with Gasteiger partial charge in [0.2, 0.25) is 0 Å². The number of hydrogen-bond donors (Lipinski definition) is 7. The van der Waals surface area contributed by atoms with Crippen LogP contribution >= 0.6 is 23.5 Å². The van der Waals surface area contributed by atoms with E-state index in [1.54, 1.807) is 0 Å². The Labute approximate surface area is 120 Å². The molecule has 0 spiro atoms. The van der Waals surface area contributed by atoms with Gasteiger partial charge in [-0.05, 0) is 0 Å². The molecule has 0 saturated carbocycles. The van der Waals surface area contributed by atoms with Crippen molar-refractivity contribution in [1.82, 2.24) is 0 Å². The molecule has 0 amide bonds. The van der Waals surface area contributed by atoms with Crippen LogP contribution in [0.15, 0.2) is 0 Å². The smallest absolute Gasteiger partial charge is 0.476 e. The Morgan fingerprint density at radius 3 is 1.24 bits per heavy atom. The van der Waals surface area contributed by atoms with Crippen molar-refractivity contribution in [3.63, 3.8) is 0 Å². The number of quaternary nitrogens is 1. The Balaban J connectivity index is -0.000000242. The van der Waals surface area contributed by atoms with Crippen LogP contribution in [0.1, 0.15) is 0 Å². The first-order valence-corrected chi connectivity index (χ1v) is 9.36. The molecule has 7 N–H and O–H groups in total. The van der Waals surface area contributed by atoms with E-state index < -0.39 is 23.5 Å². The van der Waals surface area contributed by atoms with Gasteiger partial charge < -0.3 is 43.8 Å². The first kappa shape index (κ1) is 26.2. The van der Waals surface area contributed by atoms with Crippen molar-refractivity contribution in [3.05, 3.63) is 0 Å². The van der Waals surface area contributed by atoms with Crippen LogP contribution in [0.2, 0.25) is 0 Å². The minimum atomic E-state index is -5.30. The Hall–Kier alpha value is 0.290. The molecule has 0 aliphatic rings. The molecule has 1 atom stereocenters. The third kappa shape index (κ3) is 64.1. The summed E-state index contributed by atoms with van der Waals surface area (Å²) in [5.41, 5.74) is 0. The van der Waals surface area contributed by atoms with Crippen molar-refractivity contribution in [3.8, 4) is 0 Å². The van der Waals surface area contributed by atoms with Crippen molar-refractivity contribution >= 4 is 23.5 Å². The normalized spacial score (nSPS) is 15.0. The molecule has 0 aromatic carbocycles. The van der Waals surface area contributed by atoms with Crippen LogP contribution in [0.4, 0.5) is 0 Å². The molecule has 0 saturated heterocycles. The maximum atomic E-state index is 9.59. The zero-order valence-electron chi connectivity index (χ0n) is 11.4. The second-order valence-corrected chi connectivity index (χ2v) is 7.89. The van der Waals surface area contributed by atoms with E-state index >= 15 is 0 Å². The number of aliphatic hydroxyl groups excluding tert-OH is 1. The van der Waals surface area contributed by atoms with Gasteiger partial charge in [-0.15, -0.1) is 0 Å². The monoisotopic (exact) mass is 379 g/mol. The summed E-state index contributed by atoms with van der Waals surface area (Å²) in [7, 11) is -8.90. The van der Waals surface area contributed by atoms with Gasteiger partial charge in [0.25, 0.3) is 7.82 Å². The largest absolute Gasteiger partial charge is 0.756 e. The van der Waals surface area contributed by atoms with Gasteiger partial charge in [-0.2, -0.15) is 0 Å². The molecule has 0 fully saturated rings. The summed E-state index contributed by atoms with van der Waals surface area (Å²) in [6.07, 6.45) is 0. The van der Waals surface area contributed by atoms with E-state index in [0.29, 0.717) is 0 Å². The average Bonchev–Trinajstić information content (AvgIpc) is 1.89. The molecule has 0 radical (unpaired) electrons. The second-order valence-electron chi connectivity index (χ2n) is 4.29. The van der Waals surface area contributed by atoms with Gasteiger partial charge >= 0.3 is 15.6 Å². The van der Waals surface area contributed by atoms with Crippen molar-refractivity contribution in [1.29, 1.82) is 0 Å². The van der Waals surface area contributed by atoms with E-state index in [1.807, 2.05) is 0 Å². The van der Waals surface area contributed by atoms with E-state index in [4.69, 9.17) is 39.0 Å². The lowest BCUT2D eigenvalue weighted by Crippen LogP contribution is -2.36. The van der Waals surface area contributed by atoms with Gasteiger partial charge in [0.05, 0.1) is 27.7 Å². The summed E-state index contributed by atoms with van der Waals surface area (Å²) >= 11 is 0. The molecule has 13 nitrogen and oxygen atoms in total. The molecule has 0 bridgehead atoms. The highest BCUT2D eigenvalue weighted by molar-refractivity contribution is 7.59. The maximum absolute atomic E-state index is 9.59. The first-order valence-electron chi connectivity index (χ1n) is 4.77. The standard InChI is InChI=1S/C5H14NO.H4O7P2.H3O4P/c1-6(2,3)4-5-7;1-8(2,3)7-9(4,5)6;1-5(2,3)4/h7H,4-5H2,1-3H3;(H2,1,2,3)(H2,4,5,6);(H3,1,2,3,4)/q+1;;/p-1. The van der Waals surface area contributed by atoms with E-state index in [9.17, 15) is 14.0 Å². The predicted octanol–water partition coefficient (Wildman–Crippen LogP) is -2.69. The van der Waals surface area contributed by atoms with Gasteiger partial charge in [0.1, 0.15) is 6.54 Å². The third-order valence-corrected chi connectivity index (χ3v) is 2.66. The molecule has 0 aromatic rings. The molecule has 0 rings (SSSR count). The zero-order chi connectivity index (χ0) is 18.1. The lowest BCUT2D eigenvalue weighted by atomic mass is 10.5. The average molecular weight is 379 g/mol. The summed E-state index contributed by atoms with van der Waals surface area (Å²) in [6.45, 7) is 1.11. The molecule has 0 heterocycles. The molecule has 16 heteroatoms. The summed E-state index contributed by atoms with van der Waals surface area (Å²) < 4.78 is 31.7. The number of hydrogen-bond acceptors (Lipinski definition) is 6. The fourth-order valence-electron chi connectivity index (χ4n) is 0.434. The Morgan fingerprint density at radius 2 is 1.24 bits per heavy atom. The number of likely N-dealkylation sites (N-methyl/N-ethyl adjacent to an activating group) is 1. The first-order chi connectivity index (χ1) is 8.77. The van der Waals surface area contributed by atoms with Gasteiger partial charge in [-0.1, -0.05) is 0 Å². The number of aliphatic hydroxyl groups is 1. The number of rotatable bonds is 4. The Bertz CT molecular complexity index is 371. The summed E-state index contributed by atoms with van der Waals surface area (Å²) in [4.78, 5) is 54.1. The van der Waals surface area contributed by atoms with E-state index in [-0.39, 0.29) is 6.61 Å². The van der Waals surface area contributed by atoms with Crippen LogP contribution in [0.3, 0.4) is 0 Å². The quantitative estimate of drug-likeness (QED) is 0.196. The van der Waals surface area contributed by atoms with Crippen LogP contribution in [0.5, 0.6) is 0 Å². The molecule has 21 heavy (non-hydrogen) atoms. The minimum Gasteiger partial charge on any atom is -0.756 e. The fraction of sp³-hybridized carbons (Fsp3) is 1.00. The highest BCUT2D eigenvalue weighted by atomic mass is 31.3. The van der Waals surface area contributed by atoms with E-state index in [2.05, 4.69) is 25.5 Å². The maximum Gasteiger partial charge on any atom is 0.476 e. The Kier molecular flexibility index (Phi) is 12.6. The van der Waals surface area contributed by atoms with Gasteiger partial charge in [0, 0.05) is 0 Å². The zero-order valence-corrected chi connectivity index (χ0v) is 14.1. The predicted molar refractivity (Wildman–Crippen MR) is 67.2 cm³/mol. The van der Waals surface area contributed by atoms with Crippen LogP contribution < -0.4 is 4.89 Å². The lowest BCUT2D eigenvalue weighted by Gasteiger charge is -2.21. The van der Waals surface area contributed by atoms with Crippen LogP contribution in [-0.4, -0.2) is 73.2 Å². The van der Waals surface area contributed by atoms with E-state index in [1.165, 1.54) is 0 Å². The van der Waals surface area contributed by atoms with Crippen LogP contribution in [0, 0.1) is 0 Å². The molecule has 0 aliphatic carbocycles. The van der Waals surface area contributed by atoms with Gasteiger partial charge in [-0.3, -0.25) is 4.57 Å². The molecular weight excluding hydrogens is 359 g/mol. The summed E-state index contributed by atoms with van der Waals surface area (Å²) in [6, 6.07) is 0. The number of phosphoric acid groups is 3. The minimum absolute atomic E-state index is 0.281. The van der Waals surface area contributed by atoms with E-state index in [0.717, 1.165) is 11.0 Å². The Morgan fingerprint density at radius 1 is 0.952 bits per heavy atom. The van der Waals surface area contributed by atoms with Gasteiger partial charge in [-0.25, -0.2) is 13.4 Å². The lowest BCUT2D eigenvalue weighted by molar-refractivity contribution is -0.870. The van der Waals surface area contributed by atoms with Crippen molar-refractivity contribution in [2.75, 3.05) is 34.3 Å². The molecule has 0 aromatic heterocycles. The summed E-state index contributed by atoms with van der Waals surface area (Å²) in [5.74, 6) is 0. The van der Waals surface area contributed by atoms with Crippen LogP contribution in [-0.2, 0) is 18.0 Å².